The van der Waals surface area contributed by atoms with Gasteiger partial charge in [0, 0.05) is 60.8 Å². The first kappa shape index (κ1) is 25.9. The summed E-state index contributed by atoms with van der Waals surface area (Å²) in [6.45, 7) is 4.21. The highest BCUT2D eigenvalue weighted by atomic mass is 16.4. The Bertz CT molecular complexity index is 1820. The molecule has 5 heterocycles. The normalized spacial score (nSPS) is 21.2. The quantitative estimate of drug-likeness (QED) is 0.289. The summed E-state index contributed by atoms with van der Waals surface area (Å²) in [5, 5.41) is 9.22. The van der Waals surface area contributed by atoms with Gasteiger partial charge in [0.05, 0.1) is 17.2 Å². The summed E-state index contributed by atoms with van der Waals surface area (Å²) in [6, 6.07) is 27.1. The van der Waals surface area contributed by atoms with E-state index in [1.807, 2.05) is 42.5 Å². The fourth-order valence-corrected chi connectivity index (χ4v) is 7.15. The number of imidazole rings is 1. The van der Waals surface area contributed by atoms with Gasteiger partial charge >= 0.3 is 5.97 Å². The number of aliphatic carboxylic acids is 1. The molecule has 0 radical (unpaired) electrons. The Hall–Kier alpha value is -4.76. The number of benzene rings is 2. The minimum Gasteiger partial charge on any atom is -0.481 e. The summed E-state index contributed by atoms with van der Waals surface area (Å²) >= 11 is 0. The van der Waals surface area contributed by atoms with Gasteiger partial charge in [-0.25, -0.2) is 15.0 Å². The molecule has 2 aromatic carbocycles. The predicted molar refractivity (Wildman–Crippen MR) is 167 cm³/mol. The first-order valence-corrected chi connectivity index (χ1v) is 14.9. The van der Waals surface area contributed by atoms with Crippen molar-refractivity contribution in [3.05, 3.63) is 85.1 Å². The molecule has 2 aliphatic heterocycles. The Kier molecular flexibility index (Phi) is 5.97. The van der Waals surface area contributed by atoms with Crippen molar-refractivity contribution in [2.45, 2.75) is 25.3 Å². The lowest BCUT2D eigenvalue weighted by Gasteiger charge is -2.55. The van der Waals surface area contributed by atoms with Crippen molar-refractivity contribution in [2.75, 3.05) is 36.8 Å². The van der Waals surface area contributed by atoms with Gasteiger partial charge in [-0.1, -0.05) is 30.3 Å². The van der Waals surface area contributed by atoms with Crippen LogP contribution < -0.4 is 10.6 Å². The summed E-state index contributed by atoms with van der Waals surface area (Å²) < 4.78 is 2.08. The molecule has 3 aliphatic rings. The van der Waals surface area contributed by atoms with Crippen LogP contribution >= 0.6 is 0 Å². The van der Waals surface area contributed by atoms with Crippen LogP contribution in [0.15, 0.2) is 85.1 Å². The molecule has 1 aliphatic carbocycles. The maximum Gasteiger partial charge on any atom is 0.306 e. The molecule has 9 nitrogen and oxygen atoms in total. The number of carboxylic acid groups (broad SMARTS) is 1. The number of nitrogen functional groups attached to an aromatic ring is 1. The molecule has 1 saturated carbocycles. The number of carboxylic acids is 1. The molecule has 0 bridgehead atoms. The molecule has 9 heteroatoms. The van der Waals surface area contributed by atoms with Crippen molar-refractivity contribution in [1.29, 1.82) is 0 Å². The van der Waals surface area contributed by atoms with Gasteiger partial charge in [-0.3, -0.25) is 14.3 Å². The topological polar surface area (TPSA) is 113 Å². The number of rotatable bonds is 6. The number of nitrogens with two attached hydrogens (primary N) is 1. The first-order chi connectivity index (χ1) is 21.0. The number of pyridine rings is 2. The van der Waals surface area contributed by atoms with Crippen molar-refractivity contribution < 1.29 is 9.90 Å². The lowest BCUT2D eigenvalue weighted by atomic mass is 9.72. The number of fused-ring (bicyclic) bond motifs is 1. The fraction of sp³-hybridized carbons (Fsp3) is 0.294. The van der Waals surface area contributed by atoms with E-state index in [-0.39, 0.29) is 5.92 Å². The molecule has 1 spiro atoms. The number of aromatic nitrogens is 4. The molecule has 8 rings (SSSR count). The highest BCUT2D eigenvalue weighted by Crippen LogP contribution is 2.46. The molecular weight excluding hydrogens is 538 g/mol. The Balaban J connectivity index is 1.08. The van der Waals surface area contributed by atoms with Crippen LogP contribution in [0.25, 0.3) is 39.5 Å². The van der Waals surface area contributed by atoms with Gasteiger partial charge in [-0.15, -0.1) is 0 Å². The van der Waals surface area contributed by atoms with Crippen LogP contribution in [0.3, 0.4) is 0 Å². The zero-order chi connectivity index (χ0) is 29.1. The molecular formula is C34H33N7O2. The van der Waals surface area contributed by atoms with E-state index >= 15 is 0 Å². The monoisotopic (exact) mass is 571 g/mol. The molecule has 3 aromatic heterocycles. The SMILES string of the molecule is Nc1ncccc1-c1nc2ccc(-c3ccccc3)nc2n1-c1ccc(N2CCC3(C2)CN(C2CC(C(=O)O)C2)C3)cc1. The van der Waals surface area contributed by atoms with Crippen molar-refractivity contribution in [1.82, 2.24) is 24.4 Å². The number of hydrogen-bond acceptors (Lipinski definition) is 7. The molecule has 0 atom stereocenters. The number of carbonyl (C=O) groups is 1. The Labute approximate surface area is 249 Å². The number of anilines is 2. The lowest BCUT2D eigenvalue weighted by Crippen LogP contribution is -2.63. The van der Waals surface area contributed by atoms with Gasteiger partial charge in [0.1, 0.15) is 11.3 Å². The average molecular weight is 572 g/mol. The first-order valence-electron chi connectivity index (χ1n) is 14.9. The number of likely N-dealkylation sites (tertiary alicyclic amines) is 1. The summed E-state index contributed by atoms with van der Waals surface area (Å²) in [6.07, 6.45) is 4.46. The van der Waals surface area contributed by atoms with E-state index < -0.39 is 5.97 Å². The third-order valence-electron chi connectivity index (χ3n) is 9.62. The van der Waals surface area contributed by atoms with E-state index in [2.05, 4.69) is 55.7 Å². The fourth-order valence-electron chi connectivity index (χ4n) is 7.15. The van der Waals surface area contributed by atoms with Crippen molar-refractivity contribution in [2.24, 2.45) is 11.3 Å². The zero-order valence-electron chi connectivity index (χ0n) is 23.8. The second-order valence-corrected chi connectivity index (χ2v) is 12.4. The molecule has 0 unspecified atom stereocenters. The third-order valence-corrected chi connectivity index (χ3v) is 9.62. The maximum absolute atomic E-state index is 11.2. The van der Waals surface area contributed by atoms with E-state index in [0.29, 0.717) is 23.1 Å². The number of nitrogens with zero attached hydrogens (tertiary/aromatic N) is 6. The van der Waals surface area contributed by atoms with Crippen LogP contribution in [-0.4, -0.2) is 67.7 Å². The molecule has 216 valence electrons. The van der Waals surface area contributed by atoms with Gasteiger partial charge in [-0.2, -0.15) is 0 Å². The average Bonchev–Trinajstić information content (AvgIpc) is 3.59. The molecule has 3 fully saturated rings. The van der Waals surface area contributed by atoms with Crippen molar-refractivity contribution in [3.63, 3.8) is 0 Å². The smallest absolute Gasteiger partial charge is 0.306 e. The Morgan fingerprint density at radius 2 is 1.65 bits per heavy atom. The molecule has 0 amide bonds. The highest BCUT2D eigenvalue weighted by molar-refractivity contribution is 5.84. The van der Waals surface area contributed by atoms with Crippen LogP contribution in [0.5, 0.6) is 0 Å². The Morgan fingerprint density at radius 3 is 2.40 bits per heavy atom. The summed E-state index contributed by atoms with van der Waals surface area (Å²) in [4.78, 5) is 30.6. The van der Waals surface area contributed by atoms with Gasteiger partial charge in [0.2, 0.25) is 0 Å². The van der Waals surface area contributed by atoms with Crippen molar-refractivity contribution in [3.8, 4) is 28.3 Å². The second kappa shape index (κ2) is 9.91. The molecule has 43 heavy (non-hydrogen) atoms. The third kappa shape index (κ3) is 4.42. The zero-order valence-corrected chi connectivity index (χ0v) is 23.8. The minimum absolute atomic E-state index is 0.150. The maximum atomic E-state index is 11.2. The number of hydrogen-bond donors (Lipinski definition) is 2. The summed E-state index contributed by atoms with van der Waals surface area (Å²) in [5.41, 5.74) is 13.1. The van der Waals surface area contributed by atoms with E-state index in [4.69, 9.17) is 15.7 Å². The van der Waals surface area contributed by atoms with Gasteiger partial charge < -0.3 is 15.7 Å². The van der Waals surface area contributed by atoms with E-state index in [0.717, 1.165) is 72.7 Å². The van der Waals surface area contributed by atoms with Gasteiger partial charge in [0.25, 0.3) is 0 Å². The predicted octanol–water partition coefficient (Wildman–Crippen LogP) is 5.11. The van der Waals surface area contributed by atoms with Crippen LogP contribution in [-0.2, 0) is 4.79 Å². The van der Waals surface area contributed by atoms with Crippen LogP contribution in [0, 0.1) is 11.3 Å². The van der Waals surface area contributed by atoms with Crippen LogP contribution in [0.1, 0.15) is 19.3 Å². The molecule has 2 saturated heterocycles. The van der Waals surface area contributed by atoms with Crippen LogP contribution in [0.4, 0.5) is 11.5 Å². The summed E-state index contributed by atoms with van der Waals surface area (Å²) in [5.74, 6) is 0.343. The lowest BCUT2D eigenvalue weighted by molar-refractivity contribution is -0.150. The van der Waals surface area contributed by atoms with Crippen LogP contribution in [0.2, 0.25) is 0 Å². The highest BCUT2D eigenvalue weighted by Gasteiger charge is 2.52. The van der Waals surface area contributed by atoms with Gasteiger partial charge in [0.15, 0.2) is 11.5 Å². The minimum atomic E-state index is -0.644. The van der Waals surface area contributed by atoms with E-state index in [9.17, 15) is 9.90 Å². The molecule has 5 aromatic rings. The van der Waals surface area contributed by atoms with E-state index in [1.165, 1.54) is 12.1 Å². The van der Waals surface area contributed by atoms with Gasteiger partial charge in [-0.05, 0) is 67.8 Å². The summed E-state index contributed by atoms with van der Waals surface area (Å²) in [7, 11) is 0. The second-order valence-electron chi connectivity index (χ2n) is 12.4. The molecule has 3 N–H and O–H groups in total. The standard InChI is InChI=1S/C34H33N7O2/c35-30-27(7-4-15-36-30)31-38-29-13-12-28(22-5-2-1-3-6-22)37-32(29)41(31)25-10-8-24(9-11-25)39-16-14-34(19-39)20-40(21-34)26-17-23(18-26)33(42)43/h1-13,15,23,26H,14,16-21H2,(H2,35,36)(H,42,43). The van der Waals surface area contributed by atoms with E-state index in [1.54, 1.807) is 6.20 Å². The Morgan fingerprint density at radius 1 is 0.884 bits per heavy atom. The largest absolute Gasteiger partial charge is 0.481 e. The van der Waals surface area contributed by atoms with Crippen molar-refractivity contribution >= 4 is 28.6 Å².